The van der Waals surface area contributed by atoms with Gasteiger partial charge in [-0.3, -0.25) is 9.69 Å². The van der Waals surface area contributed by atoms with Crippen molar-refractivity contribution in [2.45, 2.75) is 50.8 Å². The molecular formula is C25H30N2O5. The molecule has 0 atom stereocenters. The van der Waals surface area contributed by atoms with Crippen LogP contribution in [0.4, 0.5) is 0 Å². The molecule has 0 saturated carbocycles. The van der Waals surface area contributed by atoms with Gasteiger partial charge < -0.3 is 18.8 Å². The van der Waals surface area contributed by atoms with Crippen LogP contribution in [0.25, 0.3) is 0 Å². The van der Waals surface area contributed by atoms with Crippen LogP contribution in [-0.4, -0.2) is 61.0 Å². The van der Waals surface area contributed by atoms with Crippen LogP contribution in [-0.2, 0) is 35.3 Å². The topological polar surface area (TPSA) is 70.0 Å². The molecule has 0 bridgehead atoms. The van der Waals surface area contributed by atoms with Crippen LogP contribution in [0, 0.1) is 0 Å². The highest BCUT2D eigenvalue weighted by atomic mass is 16.5. The molecule has 1 aromatic carbocycles. The number of hydrogen-bond acceptors (Lipinski definition) is 6. The van der Waals surface area contributed by atoms with Crippen LogP contribution in [0.5, 0.6) is 5.75 Å². The van der Waals surface area contributed by atoms with E-state index in [2.05, 4.69) is 17.0 Å². The van der Waals surface area contributed by atoms with Gasteiger partial charge in [0, 0.05) is 69.9 Å². The minimum atomic E-state index is -0.446. The van der Waals surface area contributed by atoms with Crippen molar-refractivity contribution in [2.24, 2.45) is 0 Å². The molecule has 0 radical (unpaired) electrons. The van der Waals surface area contributed by atoms with Crippen LogP contribution < -0.4 is 10.3 Å². The lowest BCUT2D eigenvalue weighted by atomic mass is 10.1. The van der Waals surface area contributed by atoms with Crippen LogP contribution >= 0.6 is 0 Å². The van der Waals surface area contributed by atoms with Crippen molar-refractivity contribution < 1.29 is 19.0 Å². The number of carbonyl (C=O) groups excluding carboxylic acids is 1. The van der Waals surface area contributed by atoms with Gasteiger partial charge >= 0.3 is 5.97 Å². The van der Waals surface area contributed by atoms with E-state index in [1.165, 1.54) is 24.3 Å². The van der Waals surface area contributed by atoms with E-state index in [4.69, 9.17) is 14.2 Å². The van der Waals surface area contributed by atoms with Gasteiger partial charge in [-0.1, -0.05) is 24.3 Å². The monoisotopic (exact) mass is 438 g/mol. The normalized spacial score (nSPS) is 19.8. The second-order valence-corrected chi connectivity index (χ2v) is 8.86. The van der Waals surface area contributed by atoms with Crippen molar-refractivity contribution in [2.75, 3.05) is 33.4 Å². The van der Waals surface area contributed by atoms with E-state index in [1.807, 2.05) is 12.1 Å². The largest absolute Gasteiger partial charge is 0.489 e. The summed E-state index contributed by atoms with van der Waals surface area (Å²) in [6.45, 7) is 3.71. The van der Waals surface area contributed by atoms with E-state index in [-0.39, 0.29) is 11.7 Å². The first-order valence-electron chi connectivity index (χ1n) is 11.5. The highest BCUT2D eigenvalue weighted by Gasteiger charge is 2.31. The molecule has 0 spiro atoms. The van der Waals surface area contributed by atoms with Crippen molar-refractivity contribution in [1.82, 2.24) is 9.47 Å². The quantitative estimate of drug-likeness (QED) is 0.682. The molecule has 170 valence electrons. The number of esters is 1. The summed E-state index contributed by atoms with van der Waals surface area (Å²) in [6.07, 6.45) is 4.07. The van der Waals surface area contributed by atoms with E-state index >= 15 is 0 Å². The fourth-order valence-corrected chi connectivity index (χ4v) is 5.38. The maximum atomic E-state index is 13.1. The highest BCUT2D eigenvalue weighted by molar-refractivity contribution is 5.93. The van der Waals surface area contributed by atoms with Crippen LogP contribution in [0.2, 0.25) is 0 Å². The molecule has 7 nitrogen and oxygen atoms in total. The lowest BCUT2D eigenvalue weighted by Crippen LogP contribution is -2.41. The van der Waals surface area contributed by atoms with Gasteiger partial charge in [0.2, 0.25) is 0 Å². The highest BCUT2D eigenvalue weighted by Crippen LogP contribution is 2.30. The molecule has 1 aromatic heterocycles. The molecule has 7 heteroatoms. The first-order chi connectivity index (χ1) is 15.6. The van der Waals surface area contributed by atoms with Crippen LogP contribution in [0.3, 0.4) is 0 Å². The second-order valence-electron chi connectivity index (χ2n) is 8.86. The molecule has 1 saturated heterocycles. The molecule has 5 rings (SSSR count). The third kappa shape index (κ3) is 4.07. The maximum Gasteiger partial charge on any atom is 0.343 e. The Kier molecular flexibility index (Phi) is 6.02. The fourth-order valence-electron chi connectivity index (χ4n) is 5.38. The standard InChI is InChI=1S/C25H30N2O5/c1-30-25(29)24-21-6-9-26(19-7-12-31-13-8-19)10-11-27(21)23(28)16-22(24)32-20-14-17-4-2-3-5-18(17)15-20/h2-5,16,19-20H,6-15H2,1H3. The summed E-state index contributed by atoms with van der Waals surface area (Å²) in [4.78, 5) is 28.4. The molecule has 1 aliphatic carbocycles. The lowest BCUT2D eigenvalue weighted by Gasteiger charge is -2.33. The summed E-state index contributed by atoms with van der Waals surface area (Å²) in [5, 5.41) is 0. The Bertz CT molecular complexity index is 1030. The number of pyridine rings is 1. The molecule has 1 fully saturated rings. The Hall–Kier alpha value is -2.64. The summed E-state index contributed by atoms with van der Waals surface area (Å²) in [5.74, 6) is -0.0933. The number of fused-ring (bicyclic) bond motifs is 2. The van der Waals surface area contributed by atoms with E-state index in [0.29, 0.717) is 30.3 Å². The number of benzene rings is 1. The minimum absolute atomic E-state index is 0.0947. The number of ether oxygens (including phenoxy) is 3. The average molecular weight is 439 g/mol. The van der Waals surface area contributed by atoms with Gasteiger partial charge in [-0.2, -0.15) is 0 Å². The van der Waals surface area contributed by atoms with E-state index in [1.54, 1.807) is 4.57 Å². The first kappa shape index (κ1) is 21.2. The zero-order valence-electron chi connectivity index (χ0n) is 18.5. The predicted molar refractivity (Wildman–Crippen MR) is 119 cm³/mol. The number of aromatic nitrogens is 1. The van der Waals surface area contributed by atoms with Crippen LogP contribution in [0.15, 0.2) is 35.1 Å². The van der Waals surface area contributed by atoms with Crippen molar-refractivity contribution >= 4 is 5.97 Å². The Balaban J connectivity index is 1.44. The molecule has 0 amide bonds. The van der Waals surface area contributed by atoms with E-state index < -0.39 is 5.97 Å². The van der Waals surface area contributed by atoms with Crippen LogP contribution in [0.1, 0.15) is 40.0 Å². The lowest BCUT2D eigenvalue weighted by molar-refractivity contribution is 0.0347. The Labute approximate surface area is 187 Å². The SMILES string of the molecule is COC(=O)c1c(OC2Cc3ccccc3C2)cc(=O)n2c1CCN(C1CCOCC1)CC2. The first-order valence-corrected chi connectivity index (χ1v) is 11.5. The number of methoxy groups -OCH3 is 1. The number of hydrogen-bond donors (Lipinski definition) is 0. The summed E-state index contributed by atoms with van der Waals surface area (Å²) in [5.41, 5.74) is 3.53. The summed E-state index contributed by atoms with van der Waals surface area (Å²) < 4.78 is 18.7. The Morgan fingerprint density at radius 1 is 1.06 bits per heavy atom. The van der Waals surface area contributed by atoms with Crippen molar-refractivity contribution in [3.8, 4) is 5.75 Å². The summed E-state index contributed by atoms with van der Waals surface area (Å²) >= 11 is 0. The Morgan fingerprint density at radius 3 is 2.47 bits per heavy atom. The predicted octanol–water partition coefficient (Wildman–Crippen LogP) is 2.22. The molecule has 3 heterocycles. The smallest absolute Gasteiger partial charge is 0.343 e. The molecule has 0 unspecified atom stereocenters. The zero-order valence-corrected chi connectivity index (χ0v) is 18.5. The van der Waals surface area contributed by atoms with Gasteiger partial charge in [-0.15, -0.1) is 0 Å². The third-order valence-corrected chi connectivity index (χ3v) is 7.03. The van der Waals surface area contributed by atoms with Gasteiger partial charge in [-0.25, -0.2) is 4.79 Å². The van der Waals surface area contributed by atoms with E-state index in [9.17, 15) is 9.59 Å². The summed E-state index contributed by atoms with van der Waals surface area (Å²) in [7, 11) is 1.38. The molecular weight excluding hydrogens is 408 g/mol. The number of rotatable bonds is 4. The van der Waals surface area contributed by atoms with Gasteiger partial charge in [-0.05, 0) is 24.0 Å². The Morgan fingerprint density at radius 2 is 1.78 bits per heavy atom. The summed E-state index contributed by atoms with van der Waals surface area (Å²) in [6, 6.07) is 10.2. The van der Waals surface area contributed by atoms with Gasteiger partial charge in [0.15, 0.2) is 0 Å². The third-order valence-electron chi connectivity index (χ3n) is 7.03. The van der Waals surface area contributed by atoms with Crippen molar-refractivity contribution in [3.05, 3.63) is 63.1 Å². The maximum absolute atomic E-state index is 13.1. The van der Waals surface area contributed by atoms with Gasteiger partial charge in [0.05, 0.1) is 7.11 Å². The molecule has 0 N–H and O–H groups in total. The van der Waals surface area contributed by atoms with Gasteiger partial charge in [0.1, 0.15) is 17.4 Å². The molecule has 3 aliphatic rings. The fraction of sp³-hybridized carbons (Fsp3) is 0.520. The molecule has 32 heavy (non-hydrogen) atoms. The zero-order chi connectivity index (χ0) is 22.1. The average Bonchev–Trinajstić information content (AvgIpc) is 3.09. The molecule has 2 aliphatic heterocycles. The number of carbonyl (C=O) groups is 1. The van der Waals surface area contributed by atoms with Crippen molar-refractivity contribution in [3.63, 3.8) is 0 Å². The number of nitrogens with zero attached hydrogens (tertiary/aromatic N) is 2. The second kappa shape index (κ2) is 9.08. The van der Waals surface area contributed by atoms with Gasteiger partial charge in [0.25, 0.3) is 5.56 Å². The molecule has 2 aromatic rings. The minimum Gasteiger partial charge on any atom is -0.489 e. The van der Waals surface area contributed by atoms with E-state index in [0.717, 1.165) is 57.7 Å². The van der Waals surface area contributed by atoms with Crippen molar-refractivity contribution in [1.29, 1.82) is 0 Å².